The Morgan fingerprint density at radius 3 is 2.93 bits per heavy atom. The van der Waals surface area contributed by atoms with Crippen LogP contribution < -0.4 is 16.2 Å². The first-order valence-corrected chi connectivity index (χ1v) is 10.4. The summed E-state index contributed by atoms with van der Waals surface area (Å²) < 4.78 is 5.55. The van der Waals surface area contributed by atoms with Gasteiger partial charge in [0.05, 0.1) is 19.3 Å². The predicted octanol–water partition coefficient (Wildman–Crippen LogP) is 2.16. The monoisotopic (exact) mass is 401 g/mol. The van der Waals surface area contributed by atoms with Crippen LogP contribution in [0.15, 0.2) is 48.8 Å². The van der Waals surface area contributed by atoms with Crippen molar-refractivity contribution in [1.82, 2.24) is 26.1 Å². The molecule has 3 atom stereocenters. The van der Waals surface area contributed by atoms with Crippen LogP contribution in [0.3, 0.4) is 0 Å². The number of hydrazine groups is 1. The summed E-state index contributed by atoms with van der Waals surface area (Å²) in [6, 6.07) is 12.9. The zero-order valence-corrected chi connectivity index (χ0v) is 16.7. The Balaban J connectivity index is 1.40. The lowest BCUT2D eigenvalue weighted by molar-refractivity contribution is 0.0160. The average Bonchev–Trinajstić information content (AvgIpc) is 3.21. The Kier molecular flexibility index (Phi) is 6.90. The van der Waals surface area contributed by atoms with Crippen LogP contribution in [0, 0.1) is 5.92 Å². The maximum atomic E-state index is 6.27. The first kappa shape index (κ1) is 19.8. The van der Waals surface area contributed by atoms with Gasteiger partial charge in [0.2, 0.25) is 0 Å². The van der Waals surface area contributed by atoms with Crippen LogP contribution in [0.5, 0.6) is 0 Å². The van der Waals surface area contributed by atoms with Gasteiger partial charge in [-0.25, -0.2) is 5.43 Å². The highest BCUT2D eigenvalue weighted by molar-refractivity contribution is 6.30. The lowest BCUT2D eigenvalue weighted by Gasteiger charge is -2.35. The molecule has 0 bridgehead atoms. The molecule has 7 heteroatoms. The summed E-state index contributed by atoms with van der Waals surface area (Å²) in [6.45, 7) is 6.23. The SMILES string of the molecule is Clc1cccc(C(CNCC2CNNC2c2cccnc2)N2CCOCC2)c1. The molecule has 3 heterocycles. The highest BCUT2D eigenvalue weighted by Gasteiger charge is 2.29. The molecule has 1 aromatic carbocycles. The van der Waals surface area contributed by atoms with E-state index < -0.39 is 0 Å². The van der Waals surface area contributed by atoms with Gasteiger partial charge in [-0.1, -0.05) is 29.8 Å². The molecule has 2 aromatic rings. The Bertz CT molecular complexity index is 741. The Hall–Kier alpha value is -1.54. The molecule has 0 radical (unpaired) electrons. The second-order valence-electron chi connectivity index (χ2n) is 7.43. The van der Waals surface area contributed by atoms with Gasteiger partial charge in [-0.3, -0.25) is 15.3 Å². The first-order chi connectivity index (χ1) is 13.8. The lowest BCUT2D eigenvalue weighted by Crippen LogP contribution is -2.43. The smallest absolute Gasteiger partial charge is 0.0594 e. The zero-order valence-electron chi connectivity index (χ0n) is 16.0. The average molecular weight is 402 g/mol. The minimum absolute atomic E-state index is 0.272. The van der Waals surface area contributed by atoms with E-state index in [4.69, 9.17) is 16.3 Å². The topological polar surface area (TPSA) is 61.5 Å². The number of pyridine rings is 1. The number of hydrogen-bond donors (Lipinski definition) is 3. The minimum atomic E-state index is 0.272. The summed E-state index contributed by atoms with van der Waals surface area (Å²) >= 11 is 6.27. The van der Waals surface area contributed by atoms with Gasteiger partial charge in [-0.2, -0.15) is 0 Å². The van der Waals surface area contributed by atoms with Crippen LogP contribution in [-0.4, -0.2) is 55.8 Å². The zero-order chi connectivity index (χ0) is 19.2. The van der Waals surface area contributed by atoms with Gasteiger partial charge in [0.1, 0.15) is 0 Å². The summed E-state index contributed by atoms with van der Waals surface area (Å²) in [7, 11) is 0. The summed E-state index contributed by atoms with van der Waals surface area (Å²) in [5, 5.41) is 4.50. The number of halogens is 1. The number of rotatable bonds is 7. The molecule has 6 nitrogen and oxygen atoms in total. The standard InChI is InChI=1S/C21H28ClN5O/c22-19-5-1-3-16(11-19)20(27-7-9-28-10-8-27)15-24-13-18-14-25-26-21(18)17-4-2-6-23-12-17/h1-6,11-12,18,20-21,24-26H,7-10,13-15H2. The Labute approximate surface area is 171 Å². The van der Waals surface area contributed by atoms with E-state index in [1.807, 2.05) is 30.6 Å². The number of hydrogen-bond acceptors (Lipinski definition) is 6. The van der Waals surface area contributed by atoms with Crippen molar-refractivity contribution >= 4 is 11.6 Å². The molecule has 0 spiro atoms. The van der Waals surface area contributed by atoms with Crippen LogP contribution in [0.1, 0.15) is 23.2 Å². The van der Waals surface area contributed by atoms with Gasteiger partial charge in [0.15, 0.2) is 0 Å². The van der Waals surface area contributed by atoms with Crippen LogP contribution in [-0.2, 0) is 4.74 Å². The Morgan fingerprint density at radius 2 is 2.14 bits per heavy atom. The van der Waals surface area contributed by atoms with Crippen molar-refractivity contribution < 1.29 is 4.74 Å². The highest BCUT2D eigenvalue weighted by atomic mass is 35.5. The second kappa shape index (κ2) is 9.78. The molecular weight excluding hydrogens is 374 g/mol. The number of morpholine rings is 1. The van der Waals surface area contributed by atoms with Crippen molar-refractivity contribution in [3.63, 3.8) is 0 Å². The van der Waals surface area contributed by atoms with Crippen molar-refractivity contribution in [3.8, 4) is 0 Å². The fourth-order valence-corrected chi connectivity index (χ4v) is 4.31. The van der Waals surface area contributed by atoms with E-state index in [0.29, 0.717) is 12.0 Å². The van der Waals surface area contributed by atoms with Crippen molar-refractivity contribution in [1.29, 1.82) is 0 Å². The number of nitrogens with zero attached hydrogens (tertiary/aromatic N) is 2. The van der Waals surface area contributed by atoms with E-state index in [0.717, 1.165) is 51.0 Å². The molecule has 0 aliphatic carbocycles. The first-order valence-electron chi connectivity index (χ1n) is 9.97. The highest BCUT2D eigenvalue weighted by Crippen LogP contribution is 2.26. The van der Waals surface area contributed by atoms with Gasteiger partial charge in [-0.15, -0.1) is 0 Å². The summed E-state index contributed by atoms with van der Waals surface area (Å²) in [5.41, 5.74) is 9.17. The molecule has 0 saturated carbocycles. The van der Waals surface area contributed by atoms with E-state index in [2.05, 4.69) is 44.3 Å². The molecule has 2 fully saturated rings. The van der Waals surface area contributed by atoms with Gasteiger partial charge in [0.25, 0.3) is 0 Å². The minimum Gasteiger partial charge on any atom is -0.379 e. The lowest BCUT2D eigenvalue weighted by atomic mass is 9.96. The fraction of sp³-hybridized carbons (Fsp3) is 0.476. The van der Waals surface area contributed by atoms with Crippen LogP contribution in [0.2, 0.25) is 5.02 Å². The van der Waals surface area contributed by atoms with Gasteiger partial charge in [-0.05, 0) is 29.3 Å². The summed E-state index contributed by atoms with van der Waals surface area (Å²) in [4.78, 5) is 6.75. The third-order valence-corrected chi connectivity index (χ3v) is 5.84. The third-order valence-electron chi connectivity index (χ3n) is 5.60. The second-order valence-corrected chi connectivity index (χ2v) is 7.86. The van der Waals surface area contributed by atoms with E-state index in [9.17, 15) is 0 Å². The molecule has 2 aliphatic rings. The van der Waals surface area contributed by atoms with Crippen molar-refractivity contribution in [3.05, 3.63) is 64.9 Å². The quantitative estimate of drug-likeness (QED) is 0.661. The molecule has 28 heavy (non-hydrogen) atoms. The van der Waals surface area contributed by atoms with Crippen molar-refractivity contribution in [2.45, 2.75) is 12.1 Å². The fourth-order valence-electron chi connectivity index (χ4n) is 4.11. The van der Waals surface area contributed by atoms with E-state index in [1.54, 1.807) is 0 Å². The number of nitrogens with one attached hydrogen (secondary N) is 3. The molecule has 3 N–H and O–H groups in total. The van der Waals surface area contributed by atoms with E-state index in [1.165, 1.54) is 11.1 Å². The molecular formula is C21H28ClN5O. The number of ether oxygens (including phenoxy) is 1. The maximum Gasteiger partial charge on any atom is 0.0594 e. The summed E-state index contributed by atoms with van der Waals surface area (Å²) in [6.07, 6.45) is 3.76. The maximum absolute atomic E-state index is 6.27. The van der Waals surface area contributed by atoms with Crippen molar-refractivity contribution in [2.75, 3.05) is 45.9 Å². The molecule has 3 unspecified atom stereocenters. The van der Waals surface area contributed by atoms with E-state index >= 15 is 0 Å². The Morgan fingerprint density at radius 1 is 1.25 bits per heavy atom. The number of benzene rings is 1. The predicted molar refractivity (Wildman–Crippen MR) is 111 cm³/mol. The van der Waals surface area contributed by atoms with Gasteiger partial charge < -0.3 is 10.1 Å². The third kappa shape index (κ3) is 4.89. The van der Waals surface area contributed by atoms with E-state index in [-0.39, 0.29) is 6.04 Å². The van der Waals surface area contributed by atoms with Gasteiger partial charge >= 0.3 is 0 Å². The van der Waals surface area contributed by atoms with Gasteiger partial charge in [0, 0.05) is 62.1 Å². The summed E-state index contributed by atoms with van der Waals surface area (Å²) in [5.74, 6) is 0.467. The number of aromatic nitrogens is 1. The molecule has 1 aromatic heterocycles. The molecule has 150 valence electrons. The normalized spacial score (nSPS) is 24.3. The molecule has 2 aliphatic heterocycles. The van der Waals surface area contributed by atoms with Crippen LogP contribution in [0.4, 0.5) is 0 Å². The van der Waals surface area contributed by atoms with Crippen LogP contribution >= 0.6 is 11.6 Å². The largest absolute Gasteiger partial charge is 0.379 e. The molecule has 0 amide bonds. The molecule has 4 rings (SSSR count). The van der Waals surface area contributed by atoms with Crippen LogP contribution in [0.25, 0.3) is 0 Å². The van der Waals surface area contributed by atoms with Crippen molar-refractivity contribution in [2.24, 2.45) is 5.92 Å². The molecule has 2 saturated heterocycles.